The molecule has 0 fully saturated rings. The van der Waals surface area contributed by atoms with Crippen LogP contribution in [0.5, 0.6) is 0 Å². The average molecular weight is 535 g/mol. The Morgan fingerprint density at radius 3 is 2.58 bits per heavy atom. The molecule has 0 bridgehead atoms. The lowest BCUT2D eigenvalue weighted by molar-refractivity contribution is -0.118. The molecule has 7 nitrogen and oxygen atoms in total. The number of nitrogens with zero attached hydrogens (tertiary/aromatic N) is 3. The van der Waals surface area contributed by atoms with Crippen LogP contribution in [0.1, 0.15) is 16.9 Å². The highest BCUT2D eigenvalue weighted by atomic mass is 32.2. The summed E-state index contributed by atoms with van der Waals surface area (Å²) in [6.45, 7) is 4.27. The molecule has 0 spiro atoms. The summed E-state index contributed by atoms with van der Waals surface area (Å²) >= 11 is 8.12. The largest absolute Gasteiger partial charge is 0.467 e. The molecule has 0 saturated heterocycles. The van der Waals surface area contributed by atoms with E-state index in [1.165, 1.54) is 23.1 Å². The van der Waals surface area contributed by atoms with Crippen LogP contribution >= 0.6 is 35.3 Å². The maximum atomic E-state index is 13.8. The molecule has 0 unspecified atom stereocenters. The second-order valence-corrected chi connectivity index (χ2v) is 10.7. The van der Waals surface area contributed by atoms with Crippen LogP contribution in [0.3, 0.4) is 0 Å². The lowest BCUT2D eigenvalue weighted by Crippen LogP contribution is -2.26. The van der Waals surface area contributed by atoms with E-state index in [4.69, 9.17) is 21.6 Å². The third-order valence-electron chi connectivity index (χ3n) is 5.60. The zero-order chi connectivity index (χ0) is 25.2. The molecule has 182 valence electrons. The molecule has 5 rings (SSSR count). The number of hydrogen-bond acceptors (Lipinski definition) is 7. The summed E-state index contributed by atoms with van der Waals surface area (Å²) < 4.78 is 9.68. The van der Waals surface area contributed by atoms with E-state index in [1.54, 1.807) is 23.0 Å². The zero-order valence-electron chi connectivity index (χ0n) is 19.6. The van der Waals surface area contributed by atoms with E-state index < -0.39 is 0 Å². The van der Waals surface area contributed by atoms with Crippen molar-refractivity contribution in [3.05, 3.63) is 98.1 Å². The van der Waals surface area contributed by atoms with Crippen LogP contribution in [-0.4, -0.2) is 25.8 Å². The van der Waals surface area contributed by atoms with Gasteiger partial charge in [-0.25, -0.2) is 4.98 Å². The van der Waals surface area contributed by atoms with Crippen molar-refractivity contribution in [1.82, 2.24) is 19.4 Å². The number of carbonyl (C=O) groups is 1. The van der Waals surface area contributed by atoms with Gasteiger partial charge in [0.25, 0.3) is 5.56 Å². The van der Waals surface area contributed by atoms with Gasteiger partial charge in [-0.3, -0.25) is 18.7 Å². The van der Waals surface area contributed by atoms with Crippen LogP contribution in [0, 0.1) is 17.8 Å². The van der Waals surface area contributed by atoms with Gasteiger partial charge >= 0.3 is 0 Å². The van der Waals surface area contributed by atoms with Gasteiger partial charge in [-0.2, -0.15) is 0 Å². The first-order valence-electron chi connectivity index (χ1n) is 11.2. The second kappa shape index (κ2) is 10.3. The number of nitrogens with one attached hydrogen (secondary N) is 1. The number of para-hydroxylation sites is 1. The van der Waals surface area contributed by atoms with Gasteiger partial charge in [0.05, 0.1) is 29.9 Å². The molecule has 0 aliphatic carbocycles. The Hall–Kier alpha value is -3.47. The van der Waals surface area contributed by atoms with Crippen LogP contribution in [0.25, 0.3) is 21.7 Å². The van der Waals surface area contributed by atoms with Gasteiger partial charge in [0, 0.05) is 0 Å². The molecule has 0 atom stereocenters. The summed E-state index contributed by atoms with van der Waals surface area (Å²) in [5, 5.41) is 3.25. The highest BCUT2D eigenvalue weighted by molar-refractivity contribution is 7.99. The number of carbonyl (C=O) groups excluding carboxylic acids is 1. The molecular formula is C26H22N4O3S3. The van der Waals surface area contributed by atoms with Crippen LogP contribution < -0.4 is 10.9 Å². The minimum absolute atomic E-state index is 0.0831. The van der Waals surface area contributed by atoms with Gasteiger partial charge in [-0.05, 0) is 62.0 Å². The number of amides is 1. The van der Waals surface area contributed by atoms with Crippen LogP contribution in [0.4, 0.5) is 0 Å². The van der Waals surface area contributed by atoms with E-state index >= 15 is 0 Å². The van der Waals surface area contributed by atoms with Crippen molar-refractivity contribution in [3.8, 4) is 11.4 Å². The number of aryl methyl sites for hydroxylation is 2. The fourth-order valence-corrected chi connectivity index (χ4v) is 5.88. The molecule has 36 heavy (non-hydrogen) atoms. The molecule has 0 aliphatic rings. The first-order valence-corrected chi connectivity index (χ1v) is 13.4. The SMILES string of the molecule is Cc1ccc(-n2c(SCC(=O)NCc3ccco3)nc3c(sc(=S)n3-c3ccccc3C)c2=O)cc1. The van der Waals surface area contributed by atoms with Crippen LogP contribution in [-0.2, 0) is 11.3 Å². The number of rotatable bonds is 7. The number of furan rings is 1. The molecule has 5 aromatic rings. The highest BCUT2D eigenvalue weighted by Gasteiger charge is 2.20. The minimum Gasteiger partial charge on any atom is -0.467 e. The molecule has 0 radical (unpaired) electrons. The molecule has 1 N–H and O–H groups in total. The summed E-state index contributed by atoms with van der Waals surface area (Å²) in [5.74, 6) is 0.557. The summed E-state index contributed by atoms with van der Waals surface area (Å²) in [7, 11) is 0. The first kappa shape index (κ1) is 24.2. The monoisotopic (exact) mass is 534 g/mol. The first-order chi connectivity index (χ1) is 17.4. The second-order valence-electron chi connectivity index (χ2n) is 8.16. The van der Waals surface area contributed by atoms with Crippen molar-refractivity contribution >= 4 is 51.6 Å². The highest BCUT2D eigenvalue weighted by Crippen LogP contribution is 2.28. The number of fused-ring (bicyclic) bond motifs is 1. The Labute approximate surface area is 220 Å². The van der Waals surface area contributed by atoms with Crippen molar-refractivity contribution in [2.45, 2.75) is 25.5 Å². The van der Waals surface area contributed by atoms with Gasteiger partial charge in [0.1, 0.15) is 10.5 Å². The van der Waals surface area contributed by atoms with E-state index in [9.17, 15) is 9.59 Å². The number of thiazole rings is 1. The number of hydrogen-bond donors (Lipinski definition) is 1. The van der Waals surface area contributed by atoms with Gasteiger partial charge in [0.2, 0.25) is 5.91 Å². The van der Waals surface area contributed by atoms with Gasteiger partial charge in [-0.1, -0.05) is 59.0 Å². The third-order valence-corrected chi connectivity index (χ3v) is 7.89. The quantitative estimate of drug-likeness (QED) is 0.167. The molecule has 1 amide bonds. The average Bonchev–Trinajstić information content (AvgIpc) is 3.50. The normalized spacial score (nSPS) is 11.2. The summed E-state index contributed by atoms with van der Waals surface area (Å²) in [5.41, 5.74) is 3.93. The molecule has 0 saturated carbocycles. The van der Waals surface area contributed by atoms with E-state index in [0.29, 0.717) is 37.5 Å². The standard InChI is InChI=1S/C26H22N4O3S3/c1-16-9-11-18(12-10-16)29-24(32)22-23(30(26(34)36-22)20-8-4-3-6-17(20)2)28-25(29)35-15-21(31)27-14-19-7-5-13-33-19/h3-13H,14-15H2,1-2H3,(H,27,31). The smallest absolute Gasteiger partial charge is 0.278 e. The number of aromatic nitrogens is 3. The molecule has 2 aromatic carbocycles. The lowest BCUT2D eigenvalue weighted by Gasteiger charge is -2.14. The predicted molar refractivity (Wildman–Crippen MR) is 146 cm³/mol. The number of thioether (sulfide) groups is 1. The molecular weight excluding hydrogens is 513 g/mol. The molecule has 3 aromatic heterocycles. The van der Waals surface area contributed by atoms with Crippen LogP contribution in [0.15, 0.2) is 81.3 Å². The van der Waals surface area contributed by atoms with Crippen molar-refractivity contribution in [1.29, 1.82) is 0 Å². The molecule has 0 aliphatic heterocycles. The van der Waals surface area contributed by atoms with E-state index in [-0.39, 0.29) is 17.2 Å². The molecule has 10 heteroatoms. The van der Waals surface area contributed by atoms with E-state index in [1.807, 2.05) is 66.9 Å². The topological polar surface area (TPSA) is 82.1 Å². The third kappa shape index (κ3) is 4.79. The predicted octanol–water partition coefficient (Wildman–Crippen LogP) is 5.59. The maximum absolute atomic E-state index is 13.8. The van der Waals surface area contributed by atoms with Crippen molar-refractivity contribution < 1.29 is 9.21 Å². The number of benzene rings is 2. The van der Waals surface area contributed by atoms with Crippen molar-refractivity contribution in [3.63, 3.8) is 0 Å². The minimum atomic E-state index is -0.217. The zero-order valence-corrected chi connectivity index (χ0v) is 22.0. The van der Waals surface area contributed by atoms with E-state index in [0.717, 1.165) is 16.8 Å². The fraction of sp³-hybridized carbons (Fsp3) is 0.154. The lowest BCUT2D eigenvalue weighted by atomic mass is 10.2. The van der Waals surface area contributed by atoms with Crippen molar-refractivity contribution in [2.24, 2.45) is 0 Å². The maximum Gasteiger partial charge on any atom is 0.278 e. The van der Waals surface area contributed by atoms with Gasteiger partial charge in [-0.15, -0.1) is 0 Å². The fourth-order valence-electron chi connectivity index (χ4n) is 3.76. The Morgan fingerprint density at radius 1 is 1.08 bits per heavy atom. The van der Waals surface area contributed by atoms with Gasteiger partial charge < -0.3 is 9.73 Å². The molecule has 3 heterocycles. The summed E-state index contributed by atoms with van der Waals surface area (Å²) in [6, 6.07) is 19.0. The van der Waals surface area contributed by atoms with Crippen LogP contribution in [0.2, 0.25) is 0 Å². The summed E-state index contributed by atoms with van der Waals surface area (Å²) in [6.07, 6.45) is 1.56. The summed E-state index contributed by atoms with van der Waals surface area (Å²) in [4.78, 5) is 31.3. The Morgan fingerprint density at radius 2 is 1.86 bits per heavy atom. The van der Waals surface area contributed by atoms with Gasteiger partial charge in [0.15, 0.2) is 14.8 Å². The Balaban J connectivity index is 1.59. The Kier molecular flexibility index (Phi) is 6.90. The van der Waals surface area contributed by atoms with Crippen molar-refractivity contribution in [2.75, 3.05) is 5.75 Å². The van der Waals surface area contributed by atoms with E-state index in [2.05, 4.69) is 5.32 Å². The Bertz CT molecular complexity index is 1670.